The second-order valence-corrected chi connectivity index (χ2v) is 2.33. The lowest BCUT2D eigenvalue weighted by Crippen LogP contribution is -2.09. The van der Waals surface area contributed by atoms with Gasteiger partial charge in [-0.1, -0.05) is 15.9 Å². The van der Waals surface area contributed by atoms with E-state index < -0.39 is 0 Å². The van der Waals surface area contributed by atoms with Crippen molar-refractivity contribution in [3.8, 4) is 0 Å². The first-order chi connectivity index (χ1) is 3.81. The molecule has 2 nitrogen and oxygen atoms in total. The molecule has 0 fully saturated rings. The lowest BCUT2D eigenvalue weighted by atomic mass is 10.7. The Bertz CT molecular complexity index is 49.7. The Morgan fingerprint density at radius 3 is 2.62 bits per heavy atom. The van der Waals surface area contributed by atoms with Crippen molar-refractivity contribution in [2.75, 3.05) is 20.3 Å². The monoisotopic (exact) mass is 182 g/mol. The molecular formula is C5H11BrO2. The van der Waals surface area contributed by atoms with Gasteiger partial charge in [-0.2, -0.15) is 0 Å². The number of rotatable bonds is 4. The maximum absolute atomic E-state index is 5.01. The highest BCUT2D eigenvalue weighted by molar-refractivity contribution is 9.09. The van der Waals surface area contributed by atoms with Crippen LogP contribution in [0.25, 0.3) is 0 Å². The molecule has 1 unspecified atom stereocenters. The van der Waals surface area contributed by atoms with E-state index in [4.69, 9.17) is 9.47 Å². The number of hydrogen-bond donors (Lipinski definition) is 0. The number of hydrogen-bond acceptors (Lipinski definition) is 2. The molecule has 0 N–H and O–H groups in total. The highest BCUT2D eigenvalue weighted by atomic mass is 79.9. The Hall–Kier alpha value is 0.400. The molecule has 8 heavy (non-hydrogen) atoms. The lowest BCUT2D eigenvalue weighted by Gasteiger charge is -2.05. The Kier molecular flexibility index (Phi) is 5.81. The van der Waals surface area contributed by atoms with Crippen molar-refractivity contribution in [3.63, 3.8) is 0 Å². The van der Waals surface area contributed by atoms with E-state index in [-0.39, 0.29) is 5.01 Å². The van der Waals surface area contributed by atoms with Gasteiger partial charge >= 0.3 is 0 Å². The molecule has 0 aliphatic rings. The van der Waals surface area contributed by atoms with Gasteiger partial charge in [0.2, 0.25) is 0 Å². The summed E-state index contributed by atoms with van der Waals surface area (Å²) in [7, 11) is 1.64. The third kappa shape index (κ3) is 4.56. The summed E-state index contributed by atoms with van der Waals surface area (Å²) in [6.45, 7) is 3.31. The van der Waals surface area contributed by atoms with Gasteiger partial charge in [0.25, 0.3) is 0 Å². The van der Waals surface area contributed by atoms with E-state index >= 15 is 0 Å². The number of methoxy groups -OCH3 is 1. The van der Waals surface area contributed by atoms with E-state index in [9.17, 15) is 0 Å². The largest absolute Gasteiger partial charge is 0.378 e. The van der Waals surface area contributed by atoms with Gasteiger partial charge in [-0.05, 0) is 6.92 Å². The van der Waals surface area contributed by atoms with Crippen molar-refractivity contribution < 1.29 is 9.47 Å². The minimum absolute atomic E-state index is 0.0439. The second kappa shape index (κ2) is 5.54. The molecule has 50 valence electrons. The van der Waals surface area contributed by atoms with E-state index in [1.807, 2.05) is 6.92 Å². The van der Waals surface area contributed by atoms with Crippen LogP contribution in [0.2, 0.25) is 0 Å². The summed E-state index contributed by atoms with van der Waals surface area (Å²) in [5.74, 6) is 0. The summed E-state index contributed by atoms with van der Waals surface area (Å²) in [6, 6.07) is 0. The molecule has 0 rings (SSSR count). The standard InChI is InChI=1S/C5H11BrO2/c1-3-8-4-5(6)7-2/h5H,3-4H2,1-2H3. The minimum atomic E-state index is 0.0439. The minimum Gasteiger partial charge on any atom is -0.378 e. The van der Waals surface area contributed by atoms with E-state index in [1.165, 1.54) is 0 Å². The van der Waals surface area contributed by atoms with Crippen LogP contribution in [0.4, 0.5) is 0 Å². The maximum Gasteiger partial charge on any atom is 0.135 e. The van der Waals surface area contributed by atoms with Crippen LogP contribution in [-0.4, -0.2) is 25.3 Å². The van der Waals surface area contributed by atoms with Crippen molar-refractivity contribution in [3.05, 3.63) is 0 Å². The molecule has 0 aromatic carbocycles. The molecule has 0 heterocycles. The smallest absolute Gasteiger partial charge is 0.135 e. The van der Waals surface area contributed by atoms with Crippen molar-refractivity contribution >= 4 is 15.9 Å². The fraction of sp³-hybridized carbons (Fsp3) is 1.00. The summed E-state index contributed by atoms with van der Waals surface area (Å²) in [5, 5.41) is 0.0439. The first kappa shape index (κ1) is 8.40. The molecule has 0 amide bonds. The van der Waals surface area contributed by atoms with Gasteiger partial charge in [0.05, 0.1) is 6.61 Å². The van der Waals surface area contributed by atoms with Crippen LogP contribution in [0, 0.1) is 0 Å². The number of halogens is 1. The lowest BCUT2D eigenvalue weighted by molar-refractivity contribution is 0.0628. The molecular weight excluding hydrogens is 172 g/mol. The quantitative estimate of drug-likeness (QED) is 0.613. The normalized spacial score (nSPS) is 13.9. The Labute approximate surface area is 58.3 Å². The molecule has 0 aromatic heterocycles. The number of alkyl halides is 1. The van der Waals surface area contributed by atoms with Crippen LogP contribution in [0.15, 0.2) is 0 Å². The molecule has 1 atom stereocenters. The van der Waals surface area contributed by atoms with Gasteiger partial charge in [0.15, 0.2) is 0 Å². The first-order valence-corrected chi connectivity index (χ1v) is 3.47. The molecule has 0 radical (unpaired) electrons. The van der Waals surface area contributed by atoms with Gasteiger partial charge in [-0.3, -0.25) is 0 Å². The zero-order valence-corrected chi connectivity index (χ0v) is 6.77. The SMILES string of the molecule is CCOCC(Br)OC. The highest BCUT2D eigenvalue weighted by Crippen LogP contribution is 1.98. The van der Waals surface area contributed by atoms with Crippen molar-refractivity contribution in [2.24, 2.45) is 0 Å². The third-order valence-electron chi connectivity index (χ3n) is 0.709. The zero-order valence-electron chi connectivity index (χ0n) is 5.19. The summed E-state index contributed by atoms with van der Waals surface area (Å²) in [5.41, 5.74) is 0. The van der Waals surface area contributed by atoms with E-state index in [2.05, 4.69) is 15.9 Å². The topological polar surface area (TPSA) is 18.5 Å². The third-order valence-corrected chi connectivity index (χ3v) is 1.35. The summed E-state index contributed by atoms with van der Waals surface area (Å²) in [4.78, 5) is 0. The van der Waals surface area contributed by atoms with Gasteiger partial charge in [0.1, 0.15) is 5.01 Å². The number of ether oxygens (including phenoxy) is 2. The zero-order chi connectivity index (χ0) is 6.41. The van der Waals surface area contributed by atoms with Crippen LogP contribution < -0.4 is 0 Å². The maximum atomic E-state index is 5.01. The molecule has 0 spiro atoms. The van der Waals surface area contributed by atoms with Crippen molar-refractivity contribution in [2.45, 2.75) is 11.9 Å². The van der Waals surface area contributed by atoms with Crippen molar-refractivity contribution in [1.82, 2.24) is 0 Å². The Balaban J connectivity index is 2.86. The fourth-order valence-corrected chi connectivity index (χ4v) is 0.465. The van der Waals surface area contributed by atoms with Gasteiger partial charge in [-0.15, -0.1) is 0 Å². The van der Waals surface area contributed by atoms with Gasteiger partial charge < -0.3 is 9.47 Å². The molecule has 0 saturated carbocycles. The average Bonchev–Trinajstić information content (AvgIpc) is 1.83. The van der Waals surface area contributed by atoms with E-state index in [1.54, 1.807) is 7.11 Å². The summed E-state index contributed by atoms with van der Waals surface area (Å²) < 4.78 is 9.86. The first-order valence-electron chi connectivity index (χ1n) is 2.55. The highest BCUT2D eigenvalue weighted by Gasteiger charge is 1.97. The molecule has 0 aromatic rings. The molecule has 0 saturated heterocycles. The molecule has 0 aliphatic carbocycles. The molecule has 0 bridgehead atoms. The fourth-order valence-electron chi connectivity index (χ4n) is 0.279. The van der Waals surface area contributed by atoms with Crippen LogP contribution in [0.3, 0.4) is 0 Å². The Morgan fingerprint density at radius 2 is 2.25 bits per heavy atom. The molecule has 0 aliphatic heterocycles. The Morgan fingerprint density at radius 1 is 1.62 bits per heavy atom. The van der Waals surface area contributed by atoms with Gasteiger partial charge in [-0.25, -0.2) is 0 Å². The van der Waals surface area contributed by atoms with E-state index in [0.717, 1.165) is 6.61 Å². The van der Waals surface area contributed by atoms with Crippen LogP contribution >= 0.6 is 15.9 Å². The van der Waals surface area contributed by atoms with E-state index in [0.29, 0.717) is 6.61 Å². The van der Waals surface area contributed by atoms with Crippen LogP contribution in [-0.2, 0) is 9.47 Å². The summed E-state index contributed by atoms with van der Waals surface area (Å²) in [6.07, 6.45) is 0. The van der Waals surface area contributed by atoms with Gasteiger partial charge in [0, 0.05) is 13.7 Å². The average molecular weight is 183 g/mol. The van der Waals surface area contributed by atoms with Crippen LogP contribution in [0.5, 0.6) is 0 Å². The molecule has 3 heteroatoms. The van der Waals surface area contributed by atoms with Crippen molar-refractivity contribution in [1.29, 1.82) is 0 Å². The summed E-state index contributed by atoms with van der Waals surface area (Å²) >= 11 is 3.23. The second-order valence-electron chi connectivity index (χ2n) is 1.31. The predicted molar refractivity (Wildman–Crippen MR) is 36.2 cm³/mol. The predicted octanol–water partition coefficient (Wildman–Crippen LogP) is 1.39. The van der Waals surface area contributed by atoms with Crippen LogP contribution in [0.1, 0.15) is 6.92 Å².